The predicted octanol–water partition coefficient (Wildman–Crippen LogP) is 2.01. The molecule has 0 aromatic carbocycles. The molecule has 18 heavy (non-hydrogen) atoms. The van der Waals surface area contributed by atoms with Crippen LogP contribution in [0.3, 0.4) is 0 Å². The zero-order valence-electron chi connectivity index (χ0n) is 10.7. The minimum Gasteiger partial charge on any atom is -0.379 e. The van der Waals surface area contributed by atoms with Crippen molar-refractivity contribution in [2.75, 3.05) is 18.5 Å². The Kier molecular flexibility index (Phi) is 4.07. The molecule has 1 aromatic heterocycles. The highest BCUT2D eigenvalue weighted by molar-refractivity contribution is 9.10. The Morgan fingerprint density at radius 1 is 1.67 bits per heavy atom. The van der Waals surface area contributed by atoms with Crippen molar-refractivity contribution in [3.63, 3.8) is 0 Å². The number of aryl methyl sites for hydroxylation is 1. The van der Waals surface area contributed by atoms with Gasteiger partial charge < -0.3 is 10.1 Å². The van der Waals surface area contributed by atoms with Crippen LogP contribution in [-0.4, -0.2) is 28.5 Å². The van der Waals surface area contributed by atoms with Gasteiger partial charge in [0, 0.05) is 13.2 Å². The lowest BCUT2D eigenvalue weighted by Crippen LogP contribution is -2.36. The van der Waals surface area contributed by atoms with E-state index in [0.717, 1.165) is 25.1 Å². The molecule has 100 valence electrons. The molecule has 0 radical (unpaired) electrons. The van der Waals surface area contributed by atoms with Crippen molar-refractivity contribution < 1.29 is 4.74 Å². The smallest absolute Gasteiger partial charge is 0.283 e. The van der Waals surface area contributed by atoms with Crippen LogP contribution in [0, 0.1) is 0 Å². The van der Waals surface area contributed by atoms with Crippen molar-refractivity contribution in [2.24, 2.45) is 0 Å². The number of rotatable bonds is 4. The zero-order valence-corrected chi connectivity index (χ0v) is 12.3. The van der Waals surface area contributed by atoms with Crippen LogP contribution in [0.4, 0.5) is 5.69 Å². The third-order valence-corrected chi connectivity index (χ3v) is 3.84. The van der Waals surface area contributed by atoms with E-state index >= 15 is 0 Å². The second-order valence-electron chi connectivity index (χ2n) is 4.89. The van der Waals surface area contributed by atoms with Gasteiger partial charge in [0.1, 0.15) is 4.47 Å². The van der Waals surface area contributed by atoms with Crippen molar-refractivity contribution in [1.29, 1.82) is 0 Å². The Morgan fingerprint density at radius 3 is 3.06 bits per heavy atom. The highest BCUT2D eigenvalue weighted by Crippen LogP contribution is 2.26. The quantitative estimate of drug-likeness (QED) is 0.923. The number of nitrogens with one attached hydrogen (secondary N) is 1. The summed E-state index contributed by atoms with van der Waals surface area (Å²) in [6.45, 7) is 6.14. The molecule has 0 amide bonds. The maximum absolute atomic E-state index is 12.0. The molecule has 5 nitrogen and oxygen atoms in total. The minimum atomic E-state index is -0.117. The van der Waals surface area contributed by atoms with E-state index in [1.54, 1.807) is 6.20 Å². The van der Waals surface area contributed by atoms with Gasteiger partial charge in [-0.2, -0.15) is 5.10 Å². The normalized spacial score (nSPS) is 23.3. The van der Waals surface area contributed by atoms with Crippen LogP contribution < -0.4 is 10.9 Å². The second-order valence-corrected chi connectivity index (χ2v) is 5.68. The topological polar surface area (TPSA) is 56.1 Å². The van der Waals surface area contributed by atoms with E-state index in [-0.39, 0.29) is 11.1 Å². The lowest BCUT2D eigenvalue weighted by molar-refractivity contribution is 0.185. The van der Waals surface area contributed by atoms with Gasteiger partial charge in [-0.15, -0.1) is 0 Å². The minimum absolute atomic E-state index is 0.0932. The highest BCUT2D eigenvalue weighted by Gasteiger charge is 2.30. The first-order valence-corrected chi connectivity index (χ1v) is 6.96. The summed E-state index contributed by atoms with van der Waals surface area (Å²) in [4.78, 5) is 12.0. The first kappa shape index (κ1) is 13.5. The van der Waals surface area contributed by atoms with E-state index < -0.39 is 0 Å². The maximum Gasteiger partial charge on any atom is 0.283 e. The Morgan fingerprint density at radius 2 is 2.44 bits per heavy atom. The van der Waals surface area contributed by atoms with E-state index in [2.05, 4.69) is 33.3 Å². The number of ether oxygens (including phenoxy) is 1. The van der Waals surface area contributed by atoms with Gasteiger partial charge in [-0.05, 0) is 35.7 Å². The Labute approximate surface area is 115 Å². The van der Waals surface area contributed by atoms with Crippen molar-refractivity contribution >= 4 is 21.6 Å². The number of hydrogen-bond acceptors (Lipinski definition) is 4. The molecule has 1 saturated heterocycles. The van der Waals surface area contributed by atoms with Crippen LogP contribution in [0.2, 0.25) is 0 Å². The Balaban J connectivity index is 2.24. The summed E-state index contributed by atoms with van der Waals surface area (Å²) in [5, 5.41) is 7.52. The molecule has 1 aliphatic rings. The molecular weight excluding hydrogens is 298 g/mol. The monoisotopic (exact) mass is 315 g/mol. The molecule has 1 fully saturated rings. The van der Waals surface area contributed by atoms with E-state index in [1.807, 2.05) is 6.92 Å². The summed E-state index contributed by atoms with van der Waals surface area (Å²) < 4.78 is 7.40. The third-order valence-electron chi connectivity index (χ3n) is 3.08. The molecule has 1 atom stereocenters. The largest absolute Gasteiger partial charge is 0.379 e. The van der Waals surface area contributed by atoms with Crippen LogP contribution in [0.1, 0.15) is 26.7 Å². The van der Waals surface area contributed by atoms with Gasteiger partial charge >= 0.3 is 0 Å². The van der Waals surface area contributed by atoms with E-state index in [9.17, 15) is 4.79 Å². The molecule has 1 aliphatic heterocycles. The maximum atomic E-state index is 12.0. The van der Waals surface area contributed by atoms with Crippen molar-refractivity contribution in [3.05, 3.63) is 21.0 Å². The summed E-state index contributed by atoms with van der Waals surface area (Å²) in [6.07, 6.45) is 3.51. The fourth-order valence-electron chi connectivity index (χ4n) is 2.01. The van der Waals surface area contributed by atoms with Gasteiger partial charge in [-0.25, -0.2) is 4.68 Å². The van der Waals surface area contributed by atoms with Gasteiger partial charge in [0.2, 0.25) is 0 Å². The average molecular weight is 316 g/mol. The fraction of sp³-hybridized carbons (Fsp3) is 0.667. The van der Waals surface area contributed by atoms with E-state index in [0.29, 0.717) is 17.6 Å². The number of aromatic nitrogens is 2. The number of halogens is 1. The van der Waals surface area contributed by atoms with Crippen LogP contribution in [0.5, 0.6) is 0 Å². The standard InChI is InChI=1S/C12H18BrN3O2/c1-3-5-16-11(17)10(13)9(7-14-16)15-12(2)4-6-18-8-12/h7,15H,3-6,8H2,1-2H3. The third kappa shape index (κ3) is 2.75. The fourth-order valence-corrected chi connectivity index (χ4v) is 2.42. The van der Waals surface area contributed by atoms with E-state index in [4.69, 9.17) is 4.74 Å². The second kappa shape index (κ2) is 5.40. The molecule has 0 aliphatic carbocycles. The summed E-state index contributed by atoms with van der Waals surface area (Å²) in [5.74, 6) is 0. The Bertz CT molecular complexity index is 481. The average Bonchev–Trinajstić information content (AvgIpc) is 2.76. The molecule has 2 heterocycles. The number of anilines is 1. The first-order valence-electron chi connectivity index (χ1n) is 6.17. The van der Waals surface area contributed by atoms with Gasteiger partial charge in [-0.3, -0.25) is 4.79 Å². The lowest BCUT2D eigenvalue weighted by atomic mass is 10.0. The van der Waals surface area contributed by atoms with Crippen molar-refractivity contribution in [2.45, 2.75) is 38.8 Å². The summed E-state index contributed by atoms with van der Waals surface area (Å²) in [5.41, 5.74) is 0.526. The summed E-state index contributed by atoms with van der Waals surface area (Å²) >= 11 is 3.36. The molecule has 1 aromatic rings. The number of hydrogen-bond donors (Lipinski definition) is 1. The molecule has 1 N–H and O–H groups in total. The van der Waals surface area contributed by atoms with Gasteiger partial charge in [0.15, 0.2) is 0 Å². The molecule has 2 rings (SSSR count). The van der Waals surface area contributed by atoms with Gasteiger partial charge in [0.05, 0.1) is 24.0 Å². The molecule has 0 saturated carbocycles. The molecule has 0 spiro atoms. The van der Waals surface area contributed by atoms with Crippen LogP contribution in [0.25, 0.3) is 0 Å². The van der Waals surface area contributed by atoms with Crippen LogP contribution in [0.15, 0.2) is 15.5 Å². The summed E-state index contributed by atoms with van der Waals surface area (Å²) in [6, 6.07) is 0. The first-order chi connectivity index (χ1) is 8.56. The van der Waals surface area contributed by atoms with Crippen LogP contribution in [-0.2, 0) is 11.3 Å². The number of nitrogens with zero attached hydrogens (tertiary/aromatic N) is 2. The van der Waals surface area contributed by atoms with Gasteiger partial charge in [0.25, 0.3) is 5.56 Å². The van der Waals surface area contributed by atoms with Gasteiger partial charge in [-0.1, -0.05) is 6.92 Å². The molecule has 0 bridgehead atoms. The lowest BCUT2D eigenvalue weighted by Gasteiger charge is -2.25. The molecular formula is C12H18BrN3O2. The Hall–Kier alpha value is -0.880. The highest BCUT2D eigenvalue weighted by atomic mass is 79.9. The molecule has 6 heteroatoms. The predicted molar refractivity (Wildman–Crippen MR) is 74.0 cm³/mol. The SMILES string of the molecule is CCCn1ncc(NC2(C)CCOC2)c(Br)c1=O. The molecule has 1 unspecified atom stereocenters. The summed E-state index contributed by atoms with van der Waals surface area (Å²) in [7, 11) is 0. The van der Waals surface area contributed by atoms with Crippen LogP contribution >= 0.6 is 15.9 Å². The van der Waals surface area contributed by atoms with Crippen molar-refractivity contribution in [1.82, 2.24) is 9.78 Å². The zero-order chi connectivity index (χ0) is 13.2. The van der Waals surface area contributed by atoms with E-state index in [1.165, 1.54) is 4.68 Å². The van der Waals surface area contributed by atoms with Crippen molar-refractivity contribution in [3.8, 4) is 0 Å².